The molecule has 18 heavy (non-hydrogen) atoms. The maximum atomic E-state index is 4.29. The number of nitrogens with zero attached hydrogens (tertiary/aromatic N) is 2. The minimum atomic E-state index is 0.614. The molecule has 1 aliphatic rings. The second kappa shape index (κ2) is 6.50. The van der Waals surface area contributed by atoms with Crippen LogP contribution in [0.4, 0.5) is 5.13 Å². The Labute approximate surface area is 114 Å². The van der Waals surface area contributed by atoms with Crippen LogP contribution in [-0.4, -0.2) is 16.2 Å². The van der Waals surface area contributed by atoms with Crippen LogP contribution in [0.3, 0.4) is 0 Å². The van der Waals surface area contributed by atoms with Crippen LogP contribution in [0.25, 0.3) is 0 Å². The quantitative estimate of drug-likeness (QED) is 0.872. The number of hydrogen-bond donors (Lipinski definition) is 1. The number of nitrogens with one attached hydrogen (secondary N) is 1. The lowest BCUT2D eigenvalue weighted by Gasteiger charge is -2.31. The Morgan fingerprint density at radius 2 is 2.06 bits per heavy atom. The van der Waals surface area contributed by atoms with Crippen LogP contribution in [0, 0.1) is 11.8 Å². The van der Waals surface area contributed by atoms with Gasteiger partial charge in [-0.15, -0.1) is 10.2 Å². The van der Waals surface area contributed by atoms with E-state index in [0.29, 0.717) is 12.0 Å². The van der Waals surface area contributed by atoms with Crippen LogP contribution in [-0.2, 0) is 6.42 Å². The molecule has 4 heteroatoms. The molecule has 1 fully saturated rings. The molecule has 0 amide bonds. The van der Waals surface area contributed by atoms with Crippen LogP contribution in [0.2, 0.25) is 0 Å². The van der Waals surface area contributed by atoms with E-state index in [0.717, 1.165) is 22.5 Å². The summed E-state index contributed by atoms with van der Waals surface area (Å²) in [6.07, 6.45) is 7.72. The summed E-state index contributed by atoms with van der Waals surface area (Å²) in [7, 11) is 0. The molecule has 1 N–H and O–H groups in total. The molecule has 0 aliphatic heterocycles. The molecule has 0 aromatic carbocycles. The minimum Gasteiger partial charge on any atom is -0.357 e. The third-order valence-electron chi connectivity index (χ3n) is 3.79. The average molecular weight is 267 g/mol. The van der Waals surface area contributed by atoms with Gasteiger partial charge >= 0.3 is 0 Å². The van der Waals surface area contributed by atoms with Crippen LogP contribution in [0.1, 0.15) is 57.9 Å². The number of aromatic nitrogens is 2. The summed E-state index contributed by atoms with van der Waals surface area (Å²) < 4.78 is 0. The summed E-state index contributed by atoms with van der Waals surface area (Å²) in [6.45, 7) is 6.75. The van der Waals surface area contributed by atoms with E-state index in [1.54, 1.807) is 11.3 Å². The molecule has 0 bridgehead atoms. The zero-order chi connectivity index (χ0) is 13.0. The van der Waals surface area contributed by atoms with Gasteiger partial charge in [0.05, 0.1) is 0 Å². The normalized spacial score (nSPS) is 24.4. The zero-order valence-corrected chi connectivity index (χ0v) is 12.6. The summed E-state index contributed by atoms with van der Waals surface area (Å²) in [6, 6.07) is 0.614. The highest BCUT2D eigenvalue weighted by atomic mass is 32.1. The van der Waals surface area contributed by atoms with E-state index in [1.807, 2.05) is 0 Å². The Bertz CT molecular complexity index is 362. The van der Waals surface area contributed by atoms with Crippen LogP contribution < -0.4 is 5.32 Å². The lowest BCUT2D eigenvalue weighted by molar-refractivity contribution is 0.317. The van der Waals surface area contributed by atoms with Crippen molar-refractivity contribution in [1.29, 1.82) is 0 Å². The van der Waals surface area contributed by atoms with Crippen molar-refractivity contribution in [2.24, 2.45) is 11.8 Å². The van der Waals surface area contributed by atoms with Gasteiger partial charge in [-0.25, -0.2) is 0 Å². The molecule has 0 radical (unpaired) electrons. The Hall–Kier alpha value is -0.640. The number of anilines is 1. The molecule has 1 aromatic heterocycles. The van der Waals surface area contributed by atoms with Gasteiger partial charge in [0.2, 0.25) is 5.13 Å². The predicted octanol–water partition coefficient (Wildman–Crippen LogP) is 4.12. The van der Waals surface area contributed by atoms with Gasteiger partial charge in [0.25, 0.3) is 0 Å². The highest BCUT2D eigenvalue weighted by molar-refractivity contribution is 7.15. The molecule has 102 valence electrons. The second-order valence-corrected chi connectivity index (χ2v) is 6.86. The van der Waals surface area contributed by atoms with Gasteiger partial charge in [-0.05, 0) is 24.7 Å². The van der Waals surface area contributed by atoms with Crippen molar-refractivity contribution in [3.05, 3.63) is 5.01 Å². The van der Waals surface area contributed by atoms with Gasteiger partial charge < -0.3 is 5.32 Å². The average Bonchev–Trinajstić information content (AvgIpc) is 2.76. The summed E-state index contributed by atoms with van der Waals surface area (Å²) in [5.74, 6) is 1.47. The highest BCUT2D eigenvalue weighted by Gasteiger charge is 2.24. The summed E-state index contributed by atoms with van der Waals surface area (Å²) in [5, 5.41) is 14.4. The van der Waals surface area contributed by atoms with Gasteiger partial charge in [-0.2, -0.15) is 0 Å². The molecular weight excluding hydrogens is 242 g/mol. The first kappa shape index (κ1) is 13.8. The van der Waals surface area contributed by atoms with Crippen LogP contribution in [0.15, 0.2) is 0 Å². The Morgan fingerprint density at radius 3 is 2.78 bits per heavy atom. The van der Waals surface area contributed by atoms with E-state index in [-0.39, 0.29) is 0 Å². The standard InChI is InChI=1S/C14H25N3S/c1-4-11-7-5-6-8-12(11)15-14-17-16-13(18-14)9-10(2)3/h10-12H,4-9H2,1-3H3,(H,15,17). The first-order valence-corrected chi connectivity index (χ1v) is 8.09. The van der Waals surface area contributed by atoms with E-state index in [1.165, 1.54) is 32.1 Å². The molecule has 3 nitrogen and oxygen atoms in total. The molecule has 0 saturated heterocycles. The summed E-state index contributed by atoms with van der Waals surface area (Å²) in [5.41, 5.74) is 0. The zero-order valence-electron chi connectivity index (χ0n) is 11.8. The molecule has 1 aliphatic carbocycles. The van der Waals surface area contributed by atoms with Gasteiger partial charge in [-0.1, -0.05) is 51.4 Å². The Morgan fingerprint density at radius 1 is 1.28 bits per heavy atom. The van der Waals surface area contributed by atoms with E-state index < -0.39 is 0 Å². The summed E-state index contributed by atoms with van der Waals surface area (Å²) >= 11 is 1.73. The maximum Gasteiger partial charge on any atom is 0.205 e. The Kier molecular flexibility index (Phi) is 4.98. The van der Waals surface area contributed by atoms with Crippen LogP contribution in [0.5, 0.6) is 0 Å². The molecule has 1 aromatic rings. The fraction of sp³-hybridized carbons (Fsp3) is 0.857. The van der Waals surface area contributed by atoms with Crippen LogP contribution >= 0.6 is 11.3 Å². The Balaban J connectivity index is 1.93. The van der Waals surface area contributed by atoms with Crippen molar-refractivity contribution >= 4 is 16.5 Å². The fourth-order valence-corrected chi connectivity index (χ4v) is 3.80. The monoisotopic (exact) mass is 267 g/mol. The molecule has 0 spiro atoms. The second-order valence-electron chi connectivity index (χ2n) is 5.80. The summed E-state index contributed by atoms with van der Waals surface area (Å²) in [4.78, 5) is 0. The molecule has 1 saturated carbocycles. The molecule has 1 heterocycles. The molecule has 2 atom stereocenters. The predicted molar refractivity (Wildman–Crippen MR) is 78.1 cm³/mol. The maximum absolute atomic E-state index is 4.29. The van der Waals surface area contributed by atoms with E-state index in [9.17, 15) is 0 Å². The fourth-order valence-electron chi connectivity index (χ4n) is 2.79. The molecule has 2 unspecified atom stereocenters. The molecule has 2 rings (SSSR count). The topological polar surface area (TPSA) is 37.8 Å². The third kappa shape index (κ3) is 3.67. The molecular formula is C14H25N3S. The highest BCUT2D eigenvalue weighted by Crippen LogP contribution is 2.30. The van der Waals surface area contributed by atoms with Crippen molar-refractivity contribution in [3.63, 3.8) is 0 Å². The lowest BCUT2D eigenvalue weighted by Crippen LogP contribution is -2.31. The van der Waals surface area contributed by atoms with Gasteiger partial charge in [0.1, 0.15) is 5.01 Å². The van der Waals surface area contributed by atoms with Gasteiger partial charge in [0.15, 0.2) is 0 Å². The van der Waals surface area contributed by atoms with Crippen molar-refractivity contribution in [2.45, 2.75) is 65.3 Å². The van der Waals surface area contributed by atoms with Crippen molar-refractivity contribution < 1.29 is 0 Å². The van der Waals surface area contributed by atoms with E-state index in [4.69, 9.17) is 0 Å². The largest absolute Gasteiger partial charge is 0.357 e. The third-order valence-corrected chi connectivity index (χ3v) is 4.67. The lowest BCUT2D eigenvalue weighted by atomic mass is 9.83. The van der Waals surface area contributed by atoms with Gasteiger partial charge in [0, 0.05) is 12.5 Å². The first-order valence-electron chi connectivity index (χ1n) is 7.28. The van der Waals surface area contributed by atoms with Crippen molar-refractivity contribution in [1.82, 2.24) is 10.2 Å². The first-order chi connectivity index (χ1) is 8.69. The van der Waals surface area contributed by atoms with Gasteiger partial charge in [-0.3, -0.25) is 0 Å². The van der Waals surface area contributed by atoms with Crippen molar-refractivity contribution in [3.8, 4) is 0 Å². The number of rotatable bonds is 5. The van der Waals surface area contributed by atoms with Crippen molar-refractivity contribution in [2.75, 3.05) is 5.32 Å². The smallest absolute Gasteiger partial charge is 0.205 e. The number of hydrogen-bond acceptors (Lipinski definition) is 4. The SMILES string of the molecule is CCC1CCCCC1Nc1nnc(CC(C)C)s1. The van der Waals surface area contributed by atoms with E-state index >= 15 is 0 Å². The minimum absolute atomic E-state index is 0.614. The van der Waals surface area contributed by atoms with E-state index in [2.05, 4.69) is 36.3 Å².